The maximum absolute atomic E-state index is 14.3. The summed E-state index contributed by atoms with van der Waals surface area (Å²) < 4.78 is 0. The number of fused-ring (bicyclic) bond motifs is 5. The van der Waals surface area contributed by atoms with Crippen molar-refractivity contribution in [1.82, 2.24) is 0 Å². The molecule has 2 aliphatic carbocycles. The fraction of sp³-hybridized carbons (Fsp3) is 0.258. The predicted molar refractivity (Wildman–Crippen MR) is 136 cm³/mol. The van der Waals surface area contributed by atoms with Crippen molar-refractivity contribution in [3.8, 4) is 0 Å². The van der Waals surface area contributed by atoms with Gasteiger partial charge in [-0.1, -0.05) is 66.7 Å². The van der Waals surface area contributed by atoms with Crippen LogP contribution < -0.4 is 4.90 Å². The number of anilines is 1. The number of Topliss-reactive ketones (excluding diaryl/α,β-unsaturated/α-hetero) is 1. The van der Waals surface area contributed by atoms with Gasteiger partial charge in [-0.05, 0) is 73.2 Å². The van der Waals surface area contributed by atoms with Gasteiger partial charge in [0.05, 0.1) is 28.4 Å². The summed E-state index contributed by atoms with van der Waals surface area (Å²) in [4.78, 5) is 43.6. The lowest BCUT2D eigenvalue weighted by Gasteiger charge is -2.35. The molecule has 4 heteroatoms. The second kappa shape index (κ2) is 7.11. The standard InChI is InChI=1S/C31H27NO3/c1-18-15-16-22(17-19(18)2)32-27(33)25-26(28(32)34)31(4)24(21-13-9-6-10-14-21)23(30(25,3)29(31)35)20-11-7-5-8-12-20/h5-17,25-26H,1-4H3/t25-,26+,30-,31+. The average Bonchev–Trinajstić information content (AvgIpc) is 3.31. The minimum absolute atomic E-state index is 0.0286. The molecule has 0 radical (unpaired) electrons. The molecule has 174 valence electrons. The molecule has 6 rings (SSSR count). The van der Waals surface area contributed by atoms with Crippen LogP contribution in [-0.2, 0) is 14.4 Å². The molecule has 0 N–H and O–H groups in total. The van der Waals surface area contributed by atoms with Crippen LogP contribution in [0.4, 0.5) is 5.69 Å². The highest BCUT2D eigenvalue weighted by Crippen LogP contribution is 2.73. The van der Waals surface area contributed by atoms with Crippen molar-refractivity contribution in [1.29, 1.82) is 0 Å². The molecule has 0 unspecified atom stereocenters. The summed E-state index contributed by atoms with van der Waals surface area (Å²) in [5, 5.41) is 0. The summed E-state index contributed by atoms with van der Waals surface area (Å²) in [6.07, 6.45) is 0. The zero-order chi connectivity index (χ0) is 24.7. The van der Waals surface area contributed by atoms with Gasteiger partial charge in [0.2, 0.25) is 11.8 Å². The van der Waals surface area contributed by atoms with Gasteiger partial charge in [0.15, 0.2) is 5.78 Å². The summed E-state index contributed by atoms with van der Waals surface area (Å²) in [5.41, 5.74) is 4.12. The highest BCUT2D eigenvalue weighted by molar-refractivity contribution is 6.34. The summed E-state index contributed by atoms with van der Waals surface area (Å²) in [5.74, 6) is -2.03. The number of hydrogen-bond donors (Lipinski definition) is 0. The maximum Gasteiger partial charge on any atom is 0.239 e. The smallest absolute Gasteiger partial charge is 0.239 e. The minimum atomic E-state index is -1.09. The van der Waals surface area contributed by atoms with Gasteiger partial charge in [-0.2, -0.15) is 0 Å². The van der Waals surface area contributed by atoms with E-state index in [1.165, 1.54) is 4.90 Å². The van der Waals surface area contributed by atoms with Gasteiger partial charge < -0.3 is 0 Å². The van der Waals surface area contributed by atoms with Crippen molar-refractivity contribution in [2.75, 3.05) is 4.90 Å². The number of amides is 2. The fourth-order valence-corrected chi connectivity index (χ4v) is 6.93. The molecule has 1 saturated heterocycles. The monoisotopic (exact) mass is 461 g/mol. The number of allylic oxidation sites excluding steroid dienone is 2. The van der Waals surface area contributed by atoms with E-state index < -0.39 is 22.7 Å². The Morgan fingerprint density at radius 1 is 0.629 bits per heavy atom. The lowest BCUT2D eigenvalue weighted by atomic mass is 9.63. The Morgan fingerprint density at radius 3 is 1.51 bits per heavy atom. The first-order valence-corrected chi connectivity index (χ1v) is 12.1. The van der Waals surface area contributed by atoms with Crippen LogP contribution >= 0.6 is 0 Å². The molecule has 2 fully saturated rings. The largest absolute Gasteiger partial charge is 0.298 e. The van der Waals surface area contributed by atoms with Crippen molar-refractivity contribution < 1.29 is 14.4 Å². The highest BCUT2D eigenvalue weighted by Gasteiger charge is 2.78. The number of imide groups is 1. The molecule has 0 aromatic heterocycles. The van der Waals surface area contributed by atoms with Crippen LogP contribution in [0.1, 0.15) is 36.1 Å². The molecular weight excluding hydrogens is 434 g/mol. The Labute approximate surface area is 205 Å². The van der Waals surface area contributed by atoms with E-state index in [-0.39, 0.29) is 17.6 Å². The van der Waals surface area contributed by atoms with Crippen LogP contribution in [0.3, 0.4) is 0 Å². The van der Waals surface area contributed by atoms with E-state index in [1.54, 1.807) is 0 Å². The summed E-state index contributed by atoms with van der Waals surface area (Å²) >= 11 is 0. The van der Waals surface area contributed by atoms with Gasteiger partial charge in [0.1, 0.15) is 0 Å². The number of aryl methyl sites for hydroxylation is 2. The van der Waals surface area contributed by atoms with Crippen LogP contribution in [0.2, 0.25) is 0 Å². The lowest BCUT2D eigenvalue weighted by molar-refractivity contribution is -0.133. The first-order chi connectivity index (χ1) is 16.7. The van der Waals surface area contributed by atoms with Crippen molar-refractivity contribution in [3.63, 3.8) is 0 Å². The molecule has 0 spiro atoms. The van der Waals surface area contributed by atoms with Gasteiger partial charge in [-0.15, -0.1) is 0 Å². The first kappa shape index (κ1) is 21.7. The Kier molecular flexibility index (Phi) is 4.41. The van der Waals surface area contributed by atoms with Crippen LogP contribution in [-0.4, -0.2) is 17.6 Å². The fourth-order valence-electron chi connectivity index (χ4n) is 6.93. The van der Waals surface area contributed by atoms with Crippen molar-refractivity contribution in [3.05, 3.63) is 101 Å². The van der Waals surface area contributed by atoms with E-state index in [0.717, 1.165) is 33.4 Å². The molecule has 1 heterocycles. The van der Waals surface area contributed by atoms with E-state index in [9.17, 15) is 14.4 Å². The molecule has 1 aliphatic heterocycles. The second-order valence-corrected chi connectivity index (χ2v) is 10.5. The second-order valence-electron chi connectivity index (χ2n) is 10.5. The van der Waals surface area contributed by atoms with E-state index in [1.807, 2.05) is 107 Å². The number of nitrogens with zero attached hydrogens (tertiary/aromatic N) is 1. The van der Waals surface area contributed by atoms with E-state index >= 15 is 0 Å². The van der Waals surface area contributed by atoms with Crippen molar-refractivity contribution in [2.45, 2.75) is 27.7 Å². The predicted octanol–water partition coefficient (Wildman–Crippen LogP) is 5.63. The zero-order valence-electron chi connectivity index (χ0n) is 20.3. The van der Waals surface area contributed by atoms with Crippen molar-refractivity contribution >= 4 is 34.4 Å². The van der Waals surface area contributed by atoms with Crippen LogP contribution in [0.25, 0.3) is 11.1 Å². The highest BCUT2D eigenvalue weighted by atomic mass is 16.2. The number of hydrogen-bond acceptors (Lipinski definition) is 3. The lowest BCUT2D eigenvalue weighted by Crippen LogP contribution is -2.40. The molecule has 4 nitrogen and oxygen atoms in total. The molecule has 3 aromatic carbocycles. The van der Waals surface area contributed by atoms with Gasteiger partial charge in [0, 0.05) is 0 Å². The van der Waals surface area contributed by atoms with Crippen LogP contribution in [0.5, 0.6) is 0 Å². The van der Waals surface area contributed by atoms with Crippen LogP contribution in [0, 0.1) is 36.5 Å². The first-order valence-electron chi connectivity index (χ1n) is 12.1. The molecule has 2 bridgehead atoms. The Hall–Kier alpha value is -3.79. The number of carbonyl (C=O) groups is 3. The maximum atomic E-state index is 14.3. The summed E-state index contributed by atoms with van der Waals surface area (Å²) in [6, 6.07) is 25.3. The Bertz CT molecular complexity index is 1370. The third-order valence-corrected chi connectivity index (χ3v) is 8.66. The number of benzene rings is 3. The Morgan fingerprint density at radius 2 is 1.09 bits per heavy atom. The third kappa shape index (κ3) is 2.54. The van der Waals surface area contributed by atoms with Crippen molar-refractivity contribution in [2.24, 2.45) is 22.7 Å². The molecule has 3 aromatic rings. The molecule has 3 aliphatic rings. The molecule has 4 atom stereocenters. The Balaban J connectivity index is 1.61. The number of rotatable bonds is 3. The minimum Gasteiger partial charge on any atom is -0.298 e. The number of carbonyl (C=O) groups excluding carboxylic acids is 3. The molecule has 1 saturated carbocycles. The van der Waals surface area contributed by atoms with E-state index in [0.29, 0.717) is 5.69 Å². The summed E-state index contributed by atoms with van der Waals surface area (Å²) in [7, 11) is 0. The van der Waals surface area contributed by atoms with Gasteiger partial charge >= 0.3 is 0 Å². The normalized spacial score (nSPS) is 29.4. The van der Waals surface area contributed by atoms with E-state index in [4.69, 9.17) is 0 Å². The topological polar surface area (TPSA) is 54.5 Å². The summed E-state index contributed by atoms with van der Waals surface area (Å²) in [6.45, 7) is 7.74. The van der Waals surface area contributed by atoms with E-state index in [2.05, 4.69) is 0 Å². The zero-order valence-corrected chi connectivity index (χ0v) is 20.3. The van der Waals surface area contributed by atoms with Crippen LogP contribution in [0.15, 0.2) is 78.9 Å². The van der Waals surface area contributed by atoms with Gasteiger partial charge in [0.25, 0.3) is 0 Å². The van der Waals surface area contributed by atoms with Gasteiger partial charge in [-0.25, -0.2) is 4.90 Å². The molecular formula is C31H27NO3. The molecule has 2 amide bonds. The quantitative estimate of drug-likeness (QED) is 0.475. The SMILES string of the molecule is Cc1ccc(N2C(=O)[C@@H]3[C@H](C2=O)[C@]2(C)C(=O)[C@@]3(C)C(c3ccccc3)=C2c2ccccc2)cc1C. The number of ketones is 1. The molecule has 35 heavy (non-hydrogen) atoms. The average molecular weight is 462 g/mol. The third-order valence-electron chi connectivity index (χ3n) is 8.66. The van der Waals surface area contributed by atoms with Gasteiger partial charge in [-0.3, -0.25) is 14.4 Å².